The van der Waals surface area contributed by atoms with E-state index >= 15 is 0 Å². The Bertz CT molecular complexity index is 648. The summed E-state index contributed by atoms with van der Waals surface area (Å²) in [7, 11) is 3.16. The van der Waals surface area contributed by atoms with E-state index < -0.39 is 0 Å². The van der Waals surface area contributed by atoms with Gasteiger partial charge >= 0.3 is 0 Å². The van der Waals surface area contributed by atoms with Crippen LogP contribution in [0, 0.1) is 6.92 Å². The zero-order valence-corrected chi connectivity index (χ0v) is 14.6. The summed E-state index contributed by atoms with van der Waals surface area (Å²) >= 11 is 1.52. The lowest BCUT2D eigenvalue weighted by molar-refractivity contribution is -0.115. The van der Waals surface area contributed by atoms with Gasteiger partial charge in [-0.05, 0) is 26.0 Å². The van der Waals surface area contributed by atoms with Gasteiger partial charge in [0.1, 0.15) is 11.5 Å². The Kier molecular flexibility index (Phi) is 5.93. The summed E-state index contributed by atoms with van der Waals surface area (Å²) in [6.07, 6.45) is 0. The van der Waals surface area contributed by atoms with Gasteiger partial charge in [0.2, 0.25) is 5.91 Å². The van der Waals surface area contributed by atoms with Gasteiger partial charge in [-0.3, -0.25) is 4.79 Å². The number of carbonyl (C=O) groups excluding carboxylic acids is 1. The van der Waals surface area contributed by atoms with E-state index in [4.69, 9.17) is 9.47 Å². The Morgan fingerprint density at radius 2 is 1.61 bits per heavy atom. The van der Waals surface area contributed by atoms with Crippen molar-refractivity contribution in [3.8, 4) is 11.5 Å². The average Bonchev–Trinajstić information content (AvgIpc) is 2.56. The topological polar surface area (TPSA) is 47.6 Å². The SMILES string of the molecule is COc1cc(NC(=O)C(C)Sc2ccc(C)cc2)cc(OC)c1. The number of aryl methyl sites for hydroxylation is 1. The lowest BCUT2D eigenvalue weighted by Gasteiger charge is -2.14. The van der Waals surface area contributed by atoms with E-state index in [0.29, 0.717) is 17.2 Å². The molecule has 1 N–H and O–H groups in total. The fourth-order valence-electron chi connectivity index (χ4n) is 2.00. The highest BCUT2D eigenvalue weighted by Gasteiger charge is 2.15. The van der Waals surface area contributed by atoms with Crippen LogP contribution in [-0.2, 0) is 4.79 Å². The first-order valence-electron chi connectivity index (χ1n) is 7.29. The number of ether oxygens (including phenoxy) is 2. The molecule has 0 aliphatic carbocycles. The molecular weight excluding hydrogens is 310 g/mol. The van der Waals surface area contributed by atoms with Gasteiger partial charge in [-0.15, -0.1) is 11.8 Å². The number of methoxy groups -OCH3 is 2. The van der Waals surface area contributed by atoms with Crippen LogP contribution in [-0.4, -0.2) is 25.4 Å². The van der Waals surface area contributed by atoms with E-state index in [9.17, 15) is 4.79 Å². The molecule has 0 bridgehead atoms. The monoisotopic (exact) mass is 331 g/mol. The quantitative estimate of drug-likeness (QED) is 0.809. The molecule has 0 aliphatic heterocycles. The summed E-state index contributed by atoms with van der Waals surface area (Å²) < 4.78 is 10.4. The number of amides is 1. The molecule has 4 nitrogen and oxygen atoms in total. The van der Waals surface area contributed by atoms with Crippen molar-refractivity contribution in [3.05, 3.63) is 48.0 Å². The number of hydrogen-bond donors (Lipinski definition) is 1. The maximum atomic E-state index is 12.4. The fourth-order valence-corrected chi connectivity index (χ4v) is 2.87. The second-order valence-corrected chi connectivity index (χ2v) is 6.58. The first-order chi connectivity index (χ1) is 11.0. The molecule has 0 heterocycles. The molecule has 0 saturated carbocycles. The number of benzene rings is 2. The highest BCUT2D eigenvalue weighted by atomic mass is 32.2. The Balaban J connectivity index is 2.04. The largest absolute Gasteiger partial charge is 0.497 e. The predicted molar refractivity (Wildman–Crippen MR) is 94.7 cm³/mol. The summed E-state index contributed by atoms with van der Waals surface area (Å²) in [4.78, 5) is 13.4. The number of carbonyl (C=O) groups is 1. The molecule has 0 saturated heterocycles. The molecule has 0 aromatic heterocycles. The summed E-state index contributed by atoms with van der Waals surface area (Å²) in [5.41, 5.74) is 1.86. The van der Waals surface area contributed by atoms with Crippen molar-refractivity contribution in [2.24, 2.45) is 0 Å². The first kappa shape index (κ1) is 17.2. The average molecular weight is 331 g/mol. The second kappa shape index (κ2) is 7.92. The third-order valence-electron chi connectivity index (χ3n) is 3.32. The molecule has 1 amide bonds. The van der Waals surface area contributed by atoms with Crippen molar-refractivity contribution < 1.29 is 14.3 Å². The predicted octanol–water partition coefficient (Wildman–Crippen LogP) is 4.13. The van der Waals surface area contributed by atoms with Crippen LogP contribution in [0.2, 0.25) is 0 Å². The van der Waals surface area contributed by atoms with Crippen molar-refractivity contribution in [2.45, 2.75) is 24.0 Å². The molecule has 2 aromatic carbocycles. The Morgan fingerprint density at radius 3 is 2.13 bits per heavy atom. The van der Waals surface area contributed by atoms with Crippen LogP contribution in [0.15, 0.2) is 47.4 Å². The zero-order valence-electron chi connectivity index (χ0n) is 13.8. The molecule has 0 fully saturated rings. The number of hydrogen-bond acceptors (Lipinski definition) is 4. The number of anilines is 1. The van der Waals surface area contributed by atoms with Gasteiger partial charge in [0.15, 0.2) is 0 Å². The van der Waals surface area contributed by atoms with Crippen molar-refractivity contribution >= 4 is 23.4 Å². The van der Waals surface area contributed by atoms with Gasteiger partial charge < -0.3 is 14.8 Å². The molecule has 2 rings (SSSR count). The van der Waals surface area contributed by atoms with Gasteiger partial charge in [0.25, 0.3) is 0 Å². The minimum Gasteiger partial charge on any atom is -0.497 e. The van der Waals surface area contributed by atoms with Crippen molar-refractivity contribution in [1.82, 2.24) is 0 Å². The number of rotatable bonds is 6. The maximum Gasteiger partial charge on any atom is 0.237 e. The van der Waals surface area contributed by atoms with Gasteiger partial charge in [0, 0.05) is 28.8 Å². The fraction of sp³-hybridized carbons (Fsp3) is 0.278. The van der Waals surface area contributed by atoms with E-state index in [-0.39, 0.29) is 11.2 Å². The highest BCUT2D eigenvalue weighted by Crippen LogP contribution is 2.28. The zero-order chi connectivity index (χ0) is 16.8. The summed E-state index contributed by atoms with van der Waals surface area (Å²) in [5, 5.41) is 2.69. The minimum atomic E-state index is -0.213. The normalized spacial score (nSPS) is 11.7. The first-order valence-corrected chi connectivity index (χ1v) is 8.17. The van der Waals surface area contributed by atoms with Gasteiger partial charge in [-0.2, -0.15) is 0 Å². The van der Waals surface area contributed by atoms with Crippen LogP contribution >= 0.6 is 11.8 Å². The van der Waals surface area contributed by atoms with Gasteiger partial charge in [0.05, 0.1) is 19.5 Å². The molecule has 2 aromatic rings. The van der Waals surface area contributed by atoms with Gasteiger partial charge in [-0.1, -0.05) is 17.7 Å². The third kappa shape index (κ3) is 4.93. The molecular formula is C18H21NO3S. The van der Waals surface area contributed by atoms with Crippen molar-refractivity contribution in [1.29, 1.82) is 0 Å². The maximum absolute atomic E-state index is 12.4. The van der Waals surface area contributed by atoms with E-state index in [1.165, 1.54) is 17.3 Å². The smallest absolute Gasteiger partial charge is 0.237 e. The van der Waals surface area contributed by atoms with Crippen LogP contribution in [0.25, 0.3) is 0 Å². The molecule has 0 aliphatic rings. The molecule has 1 unspecified atom stereocenters. The van der Waals surface area contributed by atoms with Crippen LogP contribution in [0.3, 0.4) is 0 Å². The van der Waals surface area contributed by atoms with Crippen LogP contribution in [0.5, 0.6) is 11.5 Å². The van der Waals surface area contributed by atoms with E-state index in [0.717, 1.165) is 4.90 Å². The van der Waals surface area contributed by atoms with E-state index in [1.807, 2.05) is 38.1 Å². The number of thioether (sulfide) groups is 1. The lowest BCUT2D eigenvalue weighted by atomic mass is 10.2. The Morgan fingerprint density at radius 1 is 1.04 bits per heavy atom. The van der Waals surface area contributed by atoms with Crippen LogP contribution in [0.4, 0.5) is 5.69 Å². The molecule has 122 valence electrons. The highest BCUT2D eigenvalue weighted by molar-refractivity contribution is 8.00. The van der Waals surface area contributed by atoms with Crippen LogP contribution < -0.4 is 14.8 Å². The van der Waals surface area contributed by atoms with Crippen molar-refractivity contribution in [2.75, 3.05) is 19.5 Å². The van der Waals surface area contributed by atoms with E-state index in [1.54, 1.807) is 32.4 Å². The lowest BCUT2D eigenvalue weighted by Crippen LogP contribution is -2.22. The standard InChI is InChI=1S/C18H21NO3S/c1-12-5-7-17(8-6-12)23-13(2)18(20)19-14-9-15(21-3)11-16(10-14)22-4/h5-11,13H,1-4H3,(H,19,20). The minimum absolute atomic E-state index is 0.0640. The summed E-state index contributed by atoms with van der Waals surface area (Å²) in [6, 6.07) is 13.4. The molecule has 1 atom stereocenters. The van der Waals surface area contributed by atoms with Crippen LogP contribution in [0.1, 0.15) is 12.5 Å². The molecule has 5 heteroatoms. The Labute approximate surface area is 141 Å². The molecule has 0 radical (unpaired) electrons. The molecule has 0 spiro atoms. The van der Waals surface area contributed by atoms with Gasteiger partial charge in [-0.25, -0.2) is 0 Å². The third-order valence-corrected chi connectivity index (χ3v) is 4.43. The summed E-state index contributed by atoms with van der Waals surface area (Å²) in [5.74, 6) is 1.21. The summed E-state index contributed by atoms with van der Waals surface area (Å²) in [6.45, 7) is 3.93. The molecule has 23 heavy (non-hydrogen) atoms. The number of nitrogens with one attached hydrogen (secondary N) is 1. The van der Waals surface area contributed by atoms with E-state index in [2.05, 4.69) is 5.32 Å². The second-order valence-electron chi connectivity index (χ2n) is 5.16. The Hall–Kier alpha value is -2.14. The van der Waals surface area contributed by atoms with Crippen molar-refractivity contribution in [3.63, 3.8) is 0 Å².